The van der Waals surface area contributed by atoms with Gasteiger partial charge in [-0.25, -0.2) is 4.90 Å². The molecule has 23 heavy (non-hydrogen) atoms. The number of nitrogens with one attached hydrogen (secondary N) is 1. The van der Waals surface area contributed by atoms with Crippen LogP contribution in [0, 0.1) is 13.8 Å². The summed E-state index contributed by atoms with van der Waals surface area (Å²) in [5.41, 5.74) is 5.58. The van der Waals surface area contributed by atoms with Crippen molar-refractivity contribution in [1.82, 2.24) is 5.43 Å². The van der Waals surface area contributed by atoms with Crippen molar-refractivity contribution in [2.24, 2.45) is 5.10 Å². The van der Waals surface area contributed by atoms with Crippen LogP contribution in [0.2, 0.25) is 0 Å². The molecule has 0 radical (unpaired) electrons. The molecule has 122 valence electrons. The van der Waals surface area contributed by atoms with Gasteiger partial charge in [-0.2, -0.15) is 5.10 Å². The molecule has 1 atom stereocenters. The fourth-order valence-electron chi connectivity index (χ4n) is 2.49. The van der Waals surface area contributed by atoms with Crippen molar-refractivity contribution >= 4 is 35.5 Å². The monoisotopic (exact) mass is 331 g/mol. The highest BCUT2D eigenvalue weighted by molar-refractivity contribution is 8.04. The van der Waals surface area contributed by atoms with E-state index in [1.54, 1.807) is 13.1 Å². The highest BCUT2D eigenvalue weighted by atomic mass is 32.2. The summed E-state index contributed by atoms with van der Waals surface area (Å²) >= 11 is 1.34. The van der Waals surface area contributed by atoms with E-state index in [1.807, 2.05) is 45.0 Å². The number of imide groups is 1. The second-order valence-electron chi connectivity index (χ2n) is 5.38. The van der Waals surface area contributed by atoms with Crippen molar-refractivity contribution in [1.29, 1.82) is 0 Å². The fraction of sp³-hybridized carbons (Fsp3) is 0.353. The molecule has 0 aromatic heterocycles. The zero-order valence-electron chi connectivity index (χ0n) is 13.8. The minimum atomic E-state index is -0.422. The standard InChI is InChI=1S/C17H21N3O2S/c1-5-15(19-18-6-2)23-14-10-16(21)20(17(14)22)13-8-11(3)7-12(4)9-13/h5-9,14,19H,10H2,1-4H3/b15-5-,18-6-. The molecule has 0 saturated carbocycles. The summed E-state index contributed by atoms with van der Waals surface area (Å²) in [4.78, 5) is 26.3. The average Bonchev–Trinajstić information content (AvgIpc) is 2.76. The molecule has 5 nitrogen and oxygen atoms in total. The summed E-state index contributed by atoms with van der Waals surface area (Å²) in [5.74, 6) is -0.335. The molecule has 2 amide bonds. The molecule has 1 fully saturated rings. The van der Waals surface area contributed by atoms with Gasteiger partial charge in [0.2, 0.25) is 11.8 Å². The first-order valence-corrected chi connectivity index (χ1v) is 8.36. The van der Waals surface area contributed by atoms with Gasteiger partial charge in [-0.15, -0.1) is 0 Å². The predicted octanol–water partition coefficient (Wildman–Crippen LogP) is 3.13. The summed E-state index contributed by atoms with van der Waals surface area (Å²) in [6.07, 6.45) is 3.67. The molecule has 1 unspecified atom stereocenters. The topological polar surface area (TPSA) is 61.8 Å². The quantitative estimate of drug-likeness (QED) is 0.511. The second-order valence-corrected chi connectivity index (χ2v) is 6.62. The number of anilines is 1. The zero-order valence-corrected chi connectivity index (χ0v) is 14.6. The molecule has 2 rings (SSSR count). The van der Waals surface area contributed by atoms with Crippen LogP contribution in [-0.4, -0.2) is 23.3 Å². The van der Waals surface area contributed by atoms with Gasteiger partial charge < -0.3 is 0 Å². The number of allylic oxidation sites excluding steroid dienone is 1. The average molecular weight is 331 g/mol. The number of hydrogen-bond acceptors (Lipinski definition) is 5. The molecular formula is C17H21N3O2S. The third-order valence-electron chi connectivity index (χ3n) is 3.41. The largest absolute Gasteiger partial charge is 0.274 e. The van der Waals surface area contributed by atoms with Crippen LogP contribution in [-0.2, 0) is 9.59 Å². The highest BCUT2D eigenvalue weighted by Gasteiger charge is 2.40. The maximum Gasteiger partial charge on any atom is 0.247 e. The van der Waals surface area contributed by atoms with Crippen LogP contribution in [0.4, 0.5) is 5.69 Å². The molecule has 1 aliphatic rings. The third-order valence-corrected chi connectivity index (χ3v) is 4.64. The van der Waals surface area contributed by atoms with Crippen LogP contribution in [0.1, 0.15) is 31.4 Å². The summed E-state index contributed by atoms with van der Waals surface area (Å²) in [6.45, 7) is 7.58. The number of rotatable bonds is 5. The first kappa shape index (κ1) is 17.3. The van der Waals surface area contributed by atoms with Gasteiger partial charge in [0.15, 0.2) is 0 Å². The Morgan fingerprint density at radius 1 is 1.26 bits per heavy atom. The fourth-order valence-corrected chi connectivity index (χ4v) is 3.47. The number of hydrogen-bond donors (Lipinski definition) is 1. The lowest BCUT2D eigenvalue weighted by Gasteiger charge is -2.16. The van der Waals surface area contributed by atoms with E-state index in [0.717, 1.165) is 16.2 Å². The molecule has 1 aromatic carbocycles. The van der Waals surface area contributed by atoms with Crippen molar-refractivity contribution in [2.75, 3.05) is 4.90 Å². The molecule has 6 heteroatoms. The summed E-state index contributed by atoms with van der Waals surface area (Å²) < 4.78 is 0. The normalized spacial score (nSPS) is 19.0. The van der Waals surface area contributed by atoms with Gasteiger partial charge in [0, 0.05) is 12.6 Å². The Bertz CT molecular complexity index is 662. The molecular weight excluding hydrogens is 310 g/mol. The van der Waals surface area contributed by atoms with Crippen LogP contribution in [0.3, 0.4) is 0 Å². The summed E-state index contributed by atoms with van der Waals surface area (Å²) in [5, 5.41) is 4.29. The van der Waals surface area contributed by atoms with E-state index in [9.17, 15) is 9.59 Å². The minimum absolute atomic E-state index is 0.160. The van der Waals surface area contributed by atoms with Crippen molar-refractivity contribution in [3.05, 3.63) is 40.4 Å². The van der Waals surface area contributed by atoms with E-state index in [0.29, 0.717) is 5.69 Å². The Balaban J connectivity index is 2.19. The maximum atomic E-state index is 12.7. The number of nitrogens with zero attached hydrogens (tertiary/aromatic N) is 2. The van der Waals surface area contributed by atoms with Crippen LogP contribution >= 0.6 is 11.8 Å². The minimum Gasteiger partial charge on any atom is -0.274 e. The van der Waals surface area contributed by atoms with Crippen molar-refractivity contribution in [2.45, 2.75) is 39.4 Å². The maximum absolute atomic E-state index is 12.7. The lowest BCUT2D eigenvalue weighted by Crippen LogP contribution is -2.31. The number of aryl methyl sites for hydroxylation is 2. The van der Waals surface area contributed by atoms with Crippen LogP contribution < -0.4 is 10.3 Å². The van der Waals surface area contributed by atoms with E-state index in [1.165, 1.54) is 16.7 Å². The van der Waals surface area contributed by atoms with E-state index in [2.05, 4.69) is 10.5 Å². The summed E-state index contributed by atoms with van der Waals surface area (Å²) in [7, 11) is 0. The third kappa shape index (κ3) is 4.01. The van der Waals surface area contributed by atoms with Crippen molar-refractivity contribution in [3.63, 3.8) is 0 Å². The number of carbonyl (C=O) groups is 2. The van der Waals surface area contributed by atoms with Crippen molar-refractivity contribution < 1.29 is 9.59 Å². The SMILES string of the molecule is C/C=N\N/C(=C/C)SC1CC(=O)N(c2cc(C)cc(C)c2)C1=O. The van der Waals surface area contributed by atoms with Crippen LogP contribution in [0.25, 0.3) is 0 Å². The molecule has 1 aromatic rings. The van der Waals surface area contributed by atoms with Gasteiger partial charge in [-0.3, -0.25) is 15.0 Å². The first-order valence-electron chi connectivity index (χ1n) is 7.48. The number of benzene rings is 1. The molecule has 0 spiro atoms. The summed E-state index contributed by atoms with van der Waals surface area (Å²) in [6, 6.07) is 5.75. The Hall–Kier alpha value is -2.08. The Labute approximate surface area is 140 Å². The molecule has 1 aliphatic heterocycles. The number of thioether (sulfide) groups is 1. The van der Waals surface area contributed by atoms with Gasteiger partial charge in [-0.1, -0.05) is 23.9 Å². The lowest BCUT2D eigenvalue weighted by molar-refractivity contribution is -0.121. The van der Waals surface area contributed by atoms with Gasteiger partial charge in [0.25, 0.3) is 0 Å². The van der Waals surface area contributed by atoms with Crippen LogP contribution in [0.15, 0.2) is 34.4 Å². The molecule has 1 saturated heterocycles. The zero-order chi connectivity index (χ0) is 17.0. The van der Waals surface area contributed by atoms with E-state index >= 15 is 0 Å². The van der Waals surface area contributed by atoms with Crippen molar-refractivity contribution in [3.8, 4) is 0 Å². The lowest BCUT2D eigenvalue weighted by atomic mass is 10.1. The van der Waals surface area contributed by atoms with Gasteiger partial charge in [0.05, 0.1) is 16.0 Å². The Kier molecular flexibility index (Phi) is 5.60. The van der Waals surface area contributed by atoms with E-state index in [-0.39, 0.29) is 18.2 Å². The molecule has 1 N–H and O–H groups in total. The molecule has 0 bridgehead atoms. The number of hydrazone groups is 1. The number of carbonyl (C=O) groups excluding carboxylic acids is 2. The predicted molar refractivity (Wildman–Crippen MR) is 95.5 cm³/mol. The van der Waals surface area contributed by atoms with E-state index in [4.69, 9.17) is 0 Å². The Morgan fingerprint density at radius 3 is 2.48 bits per heavy atom. The smallest absolute Gasteiger partial charge is 0.247 e. The van der Waals surface area contributed by atoms with Gasteiger partial charge in [0.1, 0.15) is 0 Å². The van der Waals surface area contributed by atoms with E-state index < -0.39 is 5.25 Å². The highest BCUT2D eigenvalue weighted by Crippen LogP contribution is 2.33. The van der Waals surface area contributed by atoms with Gasteiger partial charge >= 0.3 is 0 Å². The Morgan fingerprint density at radius 2 is 1.91 bits per heavy atom. The number of amides is 2. The second kappa shape index (κ2) is 7.46. The molecule has 0 aliphatic carbocycles. The molecule has 1 heterocycles. The van der Waals surface area contributed by atoms with Crippen LogP contribution in [0.5, 0.6) is 0 Å². The van der Waals surface area contributed by atoms with Gasteiger partial charge in [-0.05, 0) is 51.0 Å². The first-order chi connectivity index (χ1) is 11.0.